The average molecular weight is 711 g/mol. The van der Waals surface area contributed by atoms with Crippen molar-refractivity contribution in [2.24, 2.45) is 69.0 Å². The minimum atomic E-state index is -0.394. The number of hydrogen-bond acceptors (Lipinski definition) is 4. The standard InChI is InChI=1S/C48H70O4/c1-31(2)33-15-19-39-35(27-33)17-21-41-45(5,23-11-25-47(39,41)7)29-51-43(49)37-13-9-10-14-38(37)44(50)52-30-46(6)24-12-26-48(8)40-20-16-34(32(3)4)28-36(40)18-22-42(46)48/h9-10,13-14,27-28,31-34,39-42H,11-12,15-26,29-30H2,1-8H3/t33-,34-,39+,40+,41+,42+,45-,46-,47-,48+/m0/s1. The molecule has 4 fully saturated rings. The van der Waals surface area contributed by atoms with Gasteiger partial charge >= 0.3 is 11.9 Å². The smallest absolute Gasteiger partial charge is 0.339 e. The predicted octanol–water partition coefficient (Wildman–Crippen LogP) is 12.4. The summed E-state index contributed by atoms with van der Waals surface area (Å²) >= 11 is 0. The molecule has 0 N–H and O–H groups in total. The molecule has 0 saturated heterocycles. The third-order valence-electron chi connectivity index (χ3n) is 16.7. The molecule has 52 heavy (non-hydrogen) atoms. The van der Waals surface area contributed by atoms with E-state index in [0.717, 1.165) is 12.8 Å². The van der Waals surface area contributed by atoms with Crippen LogP contribution in [0.2, 0.25) is 0 Å². The fourth-order valence-corrected chi connectivity index (χ4v) is 13.8. The molecule has 10 atom stereocenters. The minimum absolute atomic E-state index is 0.0656. The summed E-state index contributed by atoms with van der Waals surface area (Å²) in [5, 5.41) is 0. The summed E-state index contributed by atoms with van der Waals surface area (Å²) in [5.41, 5.74) is 4.47. The summed E-state index contributed by atoms with van der Waals surface area (Å²) in [5.74, 6) is 4.42. The van der Waals surface area contributed by atoms with E-state index in [9.17, 15) is 9.59 Å². The van der Waals surface area contributed by atoms with Gasteiger partial charge in [-0.1, -0.05) is 104 Å². The number of esters is 2. The van der Waals surface area contributed by atoms with Crippen molar-refractivity contribution in [1.29, 1.82) is 0 Å². The van der Waals surface area contributed by atoms with Gasteiger partial charge < -0.3 is 9.47 Å². The molecule has 0 radical (unpaired) electrons. The van der Waals surface area contributed by atoms with Crippen LogP contribution in [0.15, 0.2) is 47.6 Å². The summed E-state index contributed by atoms with van der Waals surface area (Å²) in [4.78, 5) is 27.8. The molecule has 1 aromatic rings. The maximum atomic E-state index is 13.9. The van der Waals surface area contributed by atoms with Gasteiger partial charge in [0.2, 0.25) is 0 Å². The third-order valence-corrected chi connectivity index (χ3v) is 16.7. The molecule has 6 aliphatic carbocycles. The zero-order chi connectivity index (χ0) is 37.1. The van der Waals surface area contributed by atoms with Gasteiger partial charge in [0.15, 0.2) is 0 Å². The van der Waals surface area contributed by atoms with Gasteiger partial charge in [-0.3, -0.25) is 0 Å². The lowest BCUT2D eigenvalue weighted by Gasteiger charge is -2.59. The highest BCUT2D eigenvalue weighted by molar-refractivity contribution is 6.03. The van der Waals surface area contributed by atoms with Crippen molar-refractivity contribution in [2.75, 3.05) is 13.2 Å². The number of ether oxygens (including phenoxy) is 2. The molecular weight excluding hydrogens is 641 g/mol. The van der Waals surface area contributed by atoms with Gasteiger partial charge in [-0.25, -0.2) is 9.59 Å². The lowest BCUT2D eigenvalue weighted by Crippen LogP contribution is -2.53. The second kappa shape index (κ2) is 14.4. The predicted molar refractivity (Wildman–Crippen MR) is 211 cm³/mol. The van der Waals surface area contributed by atoms with E-state index >= 15 is 0 Å². The van der Waals surface area contributed by atoms with E-state index in [4.69, 9.17) is 9.47 Å². The molecule has 4 nitrogen and oxygen atoms in total. The number of allylic oxidation sites excluding steroid dienone is 4. The Morgan fingerprint density at radius 1 is 0.615 bits per heavy atom. The van der Waals surface area contributed by atoms with E-state index in [1.165, 1.54) is 77.0 Å². The minimum Gasteiger partial charge on any atom is -0.461 e. The maximum Gasteiger partial charge on any atom is 0.339 e. The number of benzene rings is 1. The van der Waals surface area contributed by atoms with Crippen LogP contribution in [0.25, 0.3) is 0 Å². The Labute approximate surface area is 316 Å². The molecule has 6 aliphatic rings. The van der Waals surface area contributed by atoms with Gasteiger partial charge in [0.25, 0.3) is 0 Å². The number of fused-ring (bicyclic) bond motifs is 6. The zero-order valence-corrected chi connectivity index (χ0v) is 34.0. The molecule has 286 valence electrons. The van der Waals surface area contributed by atoms with Crippen LogP contribution in [0, 0.1) is 69.0 Å². The molecule has 0 spiro atoms. The van der Waals surface area contributed by atoms with E-state index in [1.54, 1.807) is 23.3 Å². The Morgan fingerprint density at radius 2 is 1.02 bits per heavy atom. The highest BCUT2D eigenvalue weighted by atomic mass is 16.5. The number of carbonyl (C=O) groups excluding carboxylic acids is 2. The van der Waals surface area contributed by atoms with Crippen molar-refractivity contribution >= 4 is 11.9 Å². The summed E-state index contributed by atoms with van der Waals surface area (Å²) < 4.78 is 12.5. The lowest BCUT2D eigenvalue weighted by atomic mass is 9.45. The van der Waals surface area contributed by atoms with Crippen molar-refractivity contribution < 1.29 is 19.1 Å². The summed E-state index contributed by atoms with van der Waals surface area (Å²) in [6, 6.07) is 7.17. The monoisotopic (exact) mass is 711 g/mol. The fourth-order valence-electron chi connectivity index (χ4n) is 13.8. The van der Waals surface area contributed by atoms with Gasteiger partial charge in [0.05, 0.1) is 24.3 Å². The molecule has 7 rings (SSSR count). The average Bonchev–Trinajstić information content (AvgIpc) is 3.12. The molecule has 1 aromatic carbocycles. The van der Waals surface area contributed by atoms with Crippen molar-refractivity contribution in [2.45, 2.75) is 145 Å². The molecular formula is C48H70O4. The second-order valence-corrected chi connectivity index (χ2v) is 20.5. The molecule has 0 aromatic heterocycles. The number of rotatable bonds is 8. The molecule has 0 unspecified atom stereocenters. The highest BCUT2D eigenvalue weighted by Gasteiger charge is 2.57. The molecule has 0 aliphatic heterocycles. The first-order chi connectivity index (χ1) is 24.7. The Bertz CT molecular complexity index is 1450. The van der Waals surface area contributed by atoms with Gasteiger partial charge in [0.1, 0.15) is 0 Å². The van der Waals surface area contributed by atoms with E-state index in [0.29, 0.717) is 71.7 Å². The van der Waals surface area contributed by atoms with Crippen LogP contribution in [0.3, 0.4) is 0 Å². The Morgan fingerprint density at radius 3 is 1.40 bits per heavy atom. The van der Waals surface area contributed by atoms with Crippen LogP contribution in [-0.4, -0.2) is 25.2 Å². The first kappa shape index (κ1) is 37.9. The van der Waals surface area contributed by atoms with Gasteiger partial charge in [0, 0.05) is 10.8 Å². The SMILES string of the molecule is CC(C)[C@@H]1C=C2CC[C@@H]3[C@](C)(COC(=O)c4ccccc4C(=O)OC[C@]4(C)CCC[C@]5(C)[C@@H]6CC[C@H](C(C)C)C=C6CC[C@H]45)CCC[C@@]3(C)[C@@H]2CC1. The summed E-state index contributed by atoms with van der Waals surface area (Å²) in [7, 11) is 0. The van der Waals surface area contributed by atoms with Gasteiger partial charge in [-0.15, -0.1) is 0 Å². The van der Waals surface area contributed by atoms with Gasteiger partial charge in [-0.05, 0) is 147 Å². The van der Waals surface area contributed by atoms with E-state index in [2.05, 4.69) is 67.5 Å². The third kappa shape index (κ3) is 6.67. The first-order valence-electron chi connectivity index (χ1n) is 21.5. The second-order valence-electron chi connectivity index (χ2n) is 20.5. The largest absolute Gasteiger partial charge is 0.461 e. The van der Waals surface area contributed by atoms with Crippen LogP contribution in [0.4, 0.5) is 0 Å². The maximum absolute atomic E-state index is 13.9. The van der Waals surface area contributed by atoms with E-state index in [-0.39, 0.29) is 21.7 Å². The first-order valence-corrected chi connectivity index (χ1v) is 21.5. The van der Waals surface area contributed by atoms with Crippen LogP contribution in [0.1, 0.15) is 166 Å². The fraction of sp³-hybridized carbons (Fsp3) is 0.750. The quantitative estimate of drug-likeness (QED) is 0.199. The van der Waals surface area contributed by atoms with E-state index < -0.39 is 11.9 Å². The summed E-state index contributed by atoms with van der Waals surface area (Å²) in [6.45, 7) is 20.1. The van der Waals surface area contributed by atoms with Crippen molar-refractivity contribution in [3.63, 3.8) is 0 Å². The van der Waals surface area contributed by atoms with Crippen molar-refractivity contribution in [1.82, 2.24) is 0 Å². The zero-order valence-electron chi connectivity index (χ0n) is 34.0. The van der Waals surface area contributed by atoms with Crippen LogP contribution < -0.4 is 0 Å². The number of carbonyl (C=O) groups is 2. The lowest BCUT2D eigenvalue weighted by molar-refractivity contribution is -0.0931. The van der Waals surface area contributed by atoms with Crippen molar-refractivity contribution in [3.8, 4) is 0 Å². The van der Waals surface area contributed by atoms with Gasteiger partial charge in [-0.2, -0.15) is 0 Å². The van der Waals surface area contributed by atoms with Crippen LogP contribution in [0.5, 0.6) is 0 Å². The molecule has 4 saturated carbocycles. The molecule has 4 heteroatoms. The molecule has 0 bridgehead atoms. The highest BCUT2D eigenvalue weighted by Crippen LogP contribution is 2.65. The normalized spacial score (nSPS) is 40.0. The van der Waals surface area contributed by atoms with Crippen LogP contribution >= 0.6 is 0 Å². The summed E-state index contributed by atoms with van der Waals surface area (Å²) in [6.07, 6.45) is 22.2. The van der Waals surface area contributed by atoms with Crippen LogP contribution in [-0.2, 0) is 9.47 Å². The Balaban J connectivity index is 1.01. The molecule has 0 heterocycles. The number of hydrogen-bond donors (Lipinski definition) is 0. The Kier molecular flexibility index (Phi) is 10.5. The Hall–Kier alpha value is -2.36. The molecule has 0 amide bonds. The van der Waals surface area contributed by atoms with E-state index in [1.807, 2.05) is 12.1 Å². The van der Waals surface area contributed by atoms with Crippen molar-refractivity contribution in [3.05, 3.63) is 58.7 Å². The topological polar surface area (TPSA) is 52.6 Å².